The van der Waals surface area contributed by atoms with Crippen molar-refractivity contribution in [2.24, 2.45) is 5.84 Å². The first kappa shape index (κ1) is 15.0. The molecule has 0 spiro atoms. The molecule has 1 aromatic carbocycles. The maximum Gasteiger partial charge on any atom is 0.275 e. The van der Waals surface area contributed by atoms with Crippen LogP contribution in [0.5, 0.6) is 5.75 Å². The maximum absolute atomic E-state index is 13.3. The van der Waals surface area contributed by atoms with Crippen LogP contribution in [0.3, 0.4) is 0 Å². The Hall–Kier alpha value is -2.38. The zero-order valence-electron chi connectivity index (χ0n) is 11.0. The van der Waals surface area contributed by atoms with Gasteiger partial charge in [0.05, 0.1) is 12.1 Å². The number of benzene rings is 1. The number of hydrogen-bond donors (Lipinski definition) is 3. The molecule has 0 saturated carbocycles. The lowest BCUT2D eigenvalue weighted by Gasteiger charge is -2.09. The molecule has 0 aliphatic heterocycles. The number of nitrogen functional groups attached to an aromatic ring is 1. The standard InChI is InChI=1S/C13H12ClFN4O2/c1-21-10-6-7(2-4-9(10)15)17-13(20)12-8(14)3-5-11(18-12)19-16/h2-6H,16H2,1H3,(H,17,20)(H,18,19). The minimum atomic E-state index is -0.550. The molecule has 21 heavy (non-hydrogen) atoms. The van der Waals surface area contributed by atoms with Gasteiger partial charge in [0.1, 0.15) is 11.5 Å². The third-order valence-corrected chi connectivity index (χ3v) is 2.92. The average molecular weight is 311 g/mol. The van der Waals surface area contributed by atoms with Gasteiger partial charge in [-0.25, -0.2) is 15.2 Å². The molecule has 0 unspecified atom stereocenters. The van der Waals surface area contributed by atoms with Gasteiger partial charge in [-0.05, 0) is 24.3 Å². The van der Waals surface area contributed by atoms with E-state index in [1.807, 2.05) is 0 Å². The Morgan fingerprint density at radius 1 is 1.38 bits per heavy atom. The van der Waals surface area contributed by atoms with Crippen molar-refractivity contribution in [2.75, 3.05) is 17.9 Å². The molecule has 6 nitrogen and oxygen atoms in total. The van der Waals surface area contributed by atoms with E-state index < -0.39 is 11.7 Å². The number of hydrazine groups is 1. The normalized spacial score (nSPS) is 10.1. The van der Waals surface area contributed by atoms with E-state index in [1.54, 1.807) is 0 Å². The van der Waals surface area contributed by atoms with Crippen LogP contribution in [0.1, 0.15) is 10.5 Å². The lowest BCUT2D eigenvalue weighted by atomic mass is 10.2. The SMILES string of the molecule is COc1cc(NC(=O)c2nc(NN)ccc2Cl)ccc1F. The van der Waals surface area contributed by atoms with Crippen LogP contribution in [-0.2, 0) is 0 Å². The smallest absolute Gasteiger partial charge is 0.275 e. The molecule has 1 aromatic heterocycles. The van der Waals surface area contributed by atoms with Crippen LogP contribution in [0.2, 0.25) is 5.02 Å². The van der Waals surface area contributed by atoms with E-state index in [9.17, 15) is 9.18 Å². The number of methoxy groups -OCH3 is 1. The van der Waals surface area contributed by atoms with E-state index in [0.29, 0.717) is 11.5 Å². The minimum absolute atomic E-state index is 0.00425. The largest absolute Gasteiger partial charge is 0.494 e. The van der Waals surface area contributed by atoms with Crippen LogP contribution in [0, 0.1) is 5.82 Å². The molecule has 4 N–H and O–H groups in total. The lowest BCUT2D eigenvalue weighted by Crippen LogP contribution is -2.17. The third-order valence-electron chi connectivity index (χ3n) is 2.62. The summed E-state index contributed by atoms with van der Waals surface area (Å²) in [5.74, 6) is 4.46. The van der Waals surface area contributed by atoms with E-state index in [2.05, 4.69) is 15.7 Å². The van der Waals surface area contributed by atoms with Gasteiger partial charge in [0, 0.05) is 11.8 Å². The molecule has 0 atom stereocenters. The minimum Gasteiger partial charge on any atom is -0.494 e. The van der Waals surface area contributed by atoms with Crippen molar-refractivity contribution < 1.29 is 13.9 Å². The summed E-state index contributed by atoms with van der Waals surface area (Å²) in [7, 11) is 1.33. The van der Waals surface area contributed by atoms with Gasteiger partial charge in [0.15, 0.2) is 11.6 Å². The molecule has 0 radical (unpaired) electrons. The molecule has 0 aliphatic carbocycles. The summed E-state index contributed by atoms with van der Waals surface area (Å²) in [5, 5.41) is 2.72. The van der Waals surface area contributed by atoms with Crippen LogP contribution < -0.4 is 21.3 Å². The zero-order valence-corrected chi connectivity index (χ0v) is 11.7. The van der Waals surface area contributed by atoms with Crippen molar-refractivity contribution in [1.29, 1.82) is 0 Å². The van der Waals surface area contributed by atoms with Crippen molar-refractivity contribution >= 4 is 29.0 Å². The predicted molar refractivity (Wildman–Crippen MR) is 78.0 cm³/mol. The first-order valence-corrected chi connectivity index (χ1v) is 6.21. The Kier molecular flexibility index (Phi) is 4.56. The number of carbonyl (C=O) groups is 1. The lowest BCUT2D eigenvalue weighted by molar-refractivity contribution is 0.102. The number of anilines is 2. The number of amides is 1. The zero-order chi connectivity index (χ0) is 15.4. The Morgan fingerprint density at radius 2 is 2.14 bits per heavy atom. The molecular formula is C13H12ClFN4O2. The molecule has 8 heteroatoms. The number of hydrogen-bond acceptors (Lipinski definition) is 5. The van der Waals surface area contributed by atoms with E-state index in [4.69, 9.17) is 22.2 Å². The molecule has 0 fully saturated rings. The summed E-state index contributed by atoms with van der Waals surface area (Å²) in [5.41, 5.74) is 2.66. The van der Waals surface area contributed by atoms with Crippen LogP contribution in [0.15, 0.2) is 30.3 Å². The second-order valence-corrected chi connectivity index (χ2v) is 4.38. The van der Waals surface area contributed by atoms with Crippen molar-refractivity contribution in [1.82, 2.24) is 4.98 Å². The molecule has 0 aliphatic rings. The predicted octanol–water partition coefficient (Wildman–Crippen LogP) is 2.42. The van der Waals surface area contributed by atoms with Crippen molar-refractivity contribution in [3.8, 4) is 5.75 Å². The summed E-state index contributed by atoms with van der Waals surface area (Å²) >= 11 is 5.92. The Labute approximate surface area is 125 Å². The highest BCUT2D eigenvalue weighted by atomic mass is 35.5. The number of nitrogens with one attached hydrogen (secondary N) is 2. The van der Waals surface area contributed by atoms with Crippen LogP contribution in [0.4, 0.5) is 15.9 Å². The average Bonchev–Trinajstić information content (AvgIpc) is 2.49. The number of pyridine rings is 1. The van der Waals surface area contributed by atoms with E-state index in [-0.39, 0.29) is 16.5 Å². The van der Waals surface area contributed by atoms with Gasteiger partial charge >= 0.3 is 0 Å². The number of rotatable bonds is 4. The fourth-order valence-electron chi connectivity index (χ4n) is 1.61. The fraction of sp³-hybridized carbons (Fsp3) is 0.0769. The monoisotopic (exact) mass is 310 g/mol. The fourth-order valence-corrected chi connectivity index (χ4v) is 1.80. The highest BCUT2D eigenvalue weighted by Crippen LogP contribution is 2.23. The quantitative estimate of drug-likeness (QED) is 0.596. The number of nitrogens with zero attached hydrogens (tertiary/aromatic N) is 1. The van der Waals surface area contributed by atoms with E-state index >= 15 is 0 Å². The number of nitrogens with two attached hydrogens (primary N) is 1. The maximum atomic E-state index is 13.3. The first-order chi connectivity index (χ1) is 10.0. The summed E-state index contributed by atoms with van der Waals surface area (Å²) in [6, 6.07) is 6.95. The van der Waals surface area contributed by atoms with Gasteiger partial charge in [0.2, 0.25) is 0 Å². The molecule has 1 heterocycles. The van der Waals surface area contributed by atoms with Gasteiger partial charge < -0.3 is 15.5 Å². The number of aromatic nitrogens is 1. The molecule has 0 bridgehead atoms. The second kappa shape index (κ2) is 6.38. The molecular weight excluding hydrogens is 299 g/mol. The summed E-state index contributed by atoms with van der Waals surface area (Å²) in [6.07, 6.45) is 0. The highest BCUT2D eigenvalue weighted by molar-refractivity contribution is 6.34. The van der Waals surface area contributed by atoms with E-state index in [1.165, 1.54) is 37.4 Å². The van der Waals surface area contributed by atoms with Crippen molar-refractivity contribution in [3.05, 3.63) is 46.9 Å². The number of halogens is 2. The van der Waals surface area contributed by atoms with Gasteiger partial charge in [-0.15, -0.1) is 0 Å². The van der Waals surface area contributed by atoms with Gasteiger partial charge in [0.25, 0.3) is 5.91 Å². The second-order valence-electron chi connectivity index (χ2n) is 3.97. The number of carbonyl (C=O) groups excluding carboxylic acids is 1. The summed E-state index contributed by atoms with van der Waals surface area (Å²) in [4.78, 5) is 16.1. The van der Waals surface area contributed by atoms with Crippen LogP contribution in [0.25, 0.3) is 0 Å². The number of ether oxygens (including phenoxy) is 1. The van der Waals surface area contributed by atoms with Crippen LogP contribution >= 0.6 is 11.6 Å². The first-order valence-electron chi connectivity index (χ1n) is 5.83. The van der Waals surface area contributed by atoms with Gasteiger partial charge in [-0.2, -0.15) is 0 Å². The molecule has 0 saturated heterocycles. The Balaban J connectivity index is 2.25. The molecule has 2 rings (SSSR count). The third kappa shape index (κ3) is 3.39. The summed E-state index contributed by atoms with van der Waals surface area (Å²) in [6.45, 7) is 0. The van der Waals surface area contributed by atoms with Crippen molar-refractivity contribution in [3.63, 3.8) is 0 Å². The van der Waals surface area contributed by atoms with Crippen LogP contribution in [-0.4, -0.2) is 18.0 Å². The Morgan fingerprint density at radius 3 is 2.81 bits per heavy atom. The van der Waals surface area contributed by atoms with Gasteiger partial charge in [-0.1, -0.05) is 11.6 Å². The Bertz CT molecular complexity index is 681. The van der Waals surface area contributed by atoms with Crippen molar-refractivity contribution in [2.45, 2.75) is 0 Å². The van der Waals surface area contributed by atoms with E-state index in [0.717, 1.165) is 0 Å². The molecule has 110 valence electrons. The summed E-state index contributed by atoms with van der Waals surface area (Å²) < 4.78 is 18.1. The highest BCUT2D eigenvalue weighted by Gasteiger charge is 2.14. The topological polar surface area (TPSA) is 89.3 Å². The molecule has 1 amide bonds. The van der Waals surface area contributed by atoms with Gasteiger partial charge in [-0.3, -0.25) is 4.79 Å². The molecule has 2 aromatic rings.